The molecule has 0 aliphatic rings. The summed E-state index contributed by atoms with van der Waals surface area (Å²) in [6.45, 7) is 0.944. The molecule has 1 aromatic carbocycles. The summed E-state index contributed by atoms with van der Waals surface area (Å²) in [6, 6.07) is 9.76. The lowest BCUT2D eigenvalue weighted by Gasteiger charge is -2.11. The maximum absolute atomic E-state index is 11.4. The number of rotatable bonds is 10. The van der Waals surface area contributed by atoms with E-state index in [1.807, 2.05) is 41.2 Å². The van der Waals surface area contributed by atoms with Crippen LogP contribution in [0.3, 0.4) is 0 Å². The minimum Gasteiger partial charge on any atom is -0.395 e. The van der Waals surface area contributed by atoms with Crippen molar-refractivity contribution in [2.75, 3.05) is 28.4 Å². The van der Waals surface area contributed by atoms with E-state index in [1.165, 1.54) is 11.1 Å². The number of anilines is 2. The highest BCUT2D eigenvalue weighted by Gasteiger charge is 2.12. The first-order chi connectivity index (χ1) is 17.4. The van der Waals surface area contributed by atoms with Crippen molar-refractivity contribution in [1.82, 2.24) is 34.1 Å². The number of benzene rings is 1. The number of nitrogens with zero attached hydrogens (tertiary/aromatic N) is 7. The van der Waals surface area contributed by atoms with E-state index >= 15 is 0 Å². The van der Waals surface area contributed by atoms with Crippen LogP contribution in [0.1, 0.15) is 5.56 Å². The first kappa shape index (κ1) is 23.3. The molecular weight excluding hydrogens is 484 g/mol. The lowest BCUT2D eigenvalue weighted by Crippen LogP contribution is -2.21. The summed E-state index contributed by atoms with van der Waals surface area (Å²) >= 11 is 0. The summed E-state index contributed by atoms with van der Waals surface area (Å²) < 4.78 is 26.5. The first-order valence-corrected chi connectivity index (χ1v) is 12.9. The third-order valence-electron chi connectivity index (χ3n) is 5.32. The molecule has 4 aromatic heterocycles. The van der Waals surface area contributed by atoms with E-state index in [-0.39, 0.29) is 6.61 Å². The van der Waals surface area contributed by atoms with Crippen LogP contribution in [-0.4, -0.2) is 60.5 Å². The van der Waals surface area contributed by atoms with Gasteiger partial charge in [0.15, 0.2) is 5.65 Å². The fourth-order valence-electron chi connectivity index (χ4n) is 3.73. The van der Waals surface area contributed by atoms with Crippen LogP contribution in [0.4, 0.5) is 11.8 Å². The maximum Gasteiger partial charge on any atom is 0.244 e. The van der Waals surface area contributed by atoms with Crippen molar-refractivity contribution in [1.29, 1.82) is 0 Å². The van der Waals surface area contributed by atoms with Crippen molar-refractivity contribution in [3.05, 3.63) is 73.2 Å². The Morgan fingerprint density at radius 3 is 2.81 bits per heavy atom. The Labute approximate surface area is 206 Å². The lowest BCUT2D eigenvalue weighted by molar-refractivity contribution is 0.277. The standard InChI is InChI=1S/C22H24N10O3S/c1-36(34,35)29-32-14-18(13-27-32)17-4-2-3-16(11-17)12-26-31-7-5-19-20(24-15-25-21(19)31)28-22-23-6-8-30(22)9-10-33/h2-8,11,13-15,26,29,33H,9-10,12H2,1H3,(H,23,24,25,28). The first-order valence-electron chi connectivity index (χ1n) is 11.0. The van der Waals surface area contributed by atoms with Crippen molar-refractivity contribution >= 4 is 32.8 Å². The second-order valence-corrected chi connectivity index (χ2v) is 9.74. The van der Waals surface area contributed by atoms with Crippen molar-refractivity contribution in [3.8, 4) is 11.1 Å². The quantitative estimate of drug-likeness (QED) is 0.219. The predicted octanol–water partition coefficient (Wildman–Crippen LogP) is 1.47. The summed E-state index contributed by atoms with van der Waals surface area (Å²) in [7, 11) is -3.42. The Bertz CT molecular complexity index is 1610. The number of imidazole rings is 1. The van der Waals surface area contributed by atoms with E-state index in [0.717, 1.165) is 28.3 Å². The average Bonchev–Trinajstić information content (AvgIpc) is 3.58. The number of aliphatic hydroxyl groups is 1. The highest BCUT2D eigenvalue weighted by molar-refractivity contribution is 7.91. The summed E-state index contributed by atoms with van der Waals surface area (Å²) in [6.07, 6.45) is 11.1. The SMILES string of the molecule is CS(=O)(=O)Nn1cc(-c2cccc(CNn3ccc4c(Nc5nccn5CCO)ncnc43)c2)cn1. The molecule has 36 heavy (non-hydrogen) atoms. The van der Waals surface area contributed by atoms with Gasteiger partial charge in [0.05, 0.1) is 37.2 Å². The van der Waals surface area contributed by atoms with Crippen LogP contribution < -0.4 is 15.6 Å². The van der Waals surface area contributed by atoms with Crippen LogP contribution in [0, 0.1) is 0 Å². The van der Waals surface area contributed by atoms with Crippen molar-refractivity contribution in [2.24, 2.45) is 0 Å². The van der Waals surface area contributed by atoms with Crippen molar-refractivity contribution < 1.29 is 13.5 Å². The molecule has 0 amide bonds. The van der Waals surface area contributed by atoms with E-state index in [1.54, 1.807) is 29.4 Å². The lowest BCUT2D eigenvalue weighted by atomic mass is 10.1. The molecule has 0 bridgehead atoms. The number of hydrogen-bond acceptors (Lipinski definition) is 9. The zero-order valence-corrected chi connectivity index (χ0v) is 20.1. The van der Waals surface area contributed by atoms with Gasteiger partial charge in [0.2, 0.25) is 16.0 Å². The van der Waals surface area contributed by atoms with Gasteiger partial charge in [0.25, 0.3) is 0 Å². The van der Waals surface area contributed by atoms with Gasteiger partial charge in [-0.05, 0) is 23.3 Å². The number of aliphatic hydroxyl groups excluding tert-OH is 1. The second kappa shape index (κ2) is 9.67. The van der Waals surface area contributed by atoms with Gasteiger partial charge in [-0.2, -0.15) is 9.89 Å². The van der Waals surface area contributed by atoms with Crippen LogP contribution in [0.15, 0.2) is 67.6 Å². The Hall–Kier alpha value is -4.43. The average molecular weight is 509 g/mol. The highest BCUT2D eigenvalue weighted by Crippen LogP contribution is 2.23. The predicted molar refractivity (Wildman–Crippen MR) is 135 cm³/mol. The van der Waals surface area contributed by atoms with Gasteiger partial charge in [-0.3, -0.25) is 0 Å². The number of sulfonamides is 1. The van der Waals surface area contributed by atoms with Crippen LogP contribution >= 0.6 is 0 Å². The molecule has 14 heteroatoms. The number of hydrogen-bond donors (Lipinski definition) is 4. The molecule has 186 valence electrons. The molecule has 5 rings (SSSR count). The monoisotopic (exact) mass is 508 g/mol. The van der Waals surface area contributed by atoms with Gasteiger partial charge < -0.3 is 20.4 Å². The van der Waals surface area contributed by atoms with E-state index in [4.69, 9.17) is 0 Å². The van der Waals surface area contributed by atoms with E-state index in [9.17, 15) is 13.5 Å². The second-order valence-electron chi connectivity index (χ2n) is 8.01. The molecule has 5 aromatic rings. The smallest absolute Gasteiger partial charge is 0.244 e. The Morgan fingerprint density at radius 2 is 1.97 bits per heavy atom. The number of aromatic nitrogens is 7. The minimum atomic E-state index is -3.42. The Kier molecular flexibility index (Phi) is 6.26. The molecule has 13 nitrogen and oxygen atoms in total. The molecular formula is C22H24N10O3S. The van der Waals surface area contributed by atoms with E-state index in [0.29, 0.717) is 30.5 Å². The van der Waals surface area contributed by atoms with Gasteiger partial charge in [0.1, 0.15) is 12.1 Å². The molecule has 0 radical (unpaired) electrons. The third-order valence-corrected chi connectivity index (χ3v) is 5.84. The van der Waals surface area contributed by atoms with Gasteiger partial charge in [-0.25, -0.2) is 32.9 Å². The third kappa shape index (κ3) is 5.13. The van der Waals surface area contributed by atoms with E-state index in [2.05, 4.69) is 35.6 Å². The molecule has 0 aliphatic carbocycles. The highest BCUT2D eigenvalue weighted by atomic mass is 32.2. The molecule has 0 atom stereocenters. The van der Waals surface area contributed by atoms with E-state index < -0.39 is 10.0 Å². The van der Waals surface area contributed by atoms with Crippen LogP contribution in [0.25, 0.3) is 22.2 Å². The Balaban J connectivity index is 1.31. The van der Waals surface area contributed by atoms with Crippen LogP contribution in [0.2, 0.25) is 0 Å². The number of fused-ring (bicyclic) bond motifs is 1. The van der Waals surface area contributed by atoms with Gasteiger partial charge >= 0.3 is 0 Å². The van der Waals surface area contributed by atoms with Crippen LogP contribution in [-0.2, 0) is 23.1 Å². The fraction of sp³-hybridized carbons (Fsp3) is 0.182. The topological polar surface area (TPSA) is 157 Å². The fourth-order valence-corrected chi connectivity index (χ4v) is 4.17. The minimum absolute atomic E-state index is 0.00556. The normalized spacial score (nSPS) is 11.6. The van der Waals surface area contributed by atoms with Crippen LogP contribution in [0.5, 0.6) is 0 Å². The van der Waals surface area contributed by atoms with Gasteiger partial charge in [-0.15, -0.1) is 0 Å². The molecule has 4 N–H and O–H groups in total. The maximum atomic E-state index is 11.4. The zero-order chi connectivity index (χ0) is 25.1. The molecule has 0 unspecified atom stereocenters. The summed E-state index contributed by atoms with van der Waals surface area (Å²) in [5.74, 6) is 1.18. The molecule has 0 fully saturated rings. The molecule has 0 saturated heterocycles. The van der Waals surface area contributed by atoms with Crippen molar-refractivity contribution in [2.45, 2.75) is 13.1 Å². The molecule has 0 spiro atoms. The summed E-state index contributed by atoms with van der Waals surface area (Å²) in [5, 5.41) is 17.3. The summed E-state index contributed by atoms with van der Waals surface area (Å²) in [5.41, 5.74) is 6.73. The summed E-state index contributed by atoms with van der Waals surface area (Å²) in [4.78, 5) is 16.5. The number of nitrogens with one attached hydrogen (secondary N) is 3. The largest absolute Gasteiger partial charge is 0.395 e. The van der Waals surface area contributed by atoms with Gasteiger partial charge in [-0.1, -0.05) is 18.2 Å². The molecule has 0 aliphatic heterocycles. The molecule has 0 saturated carbocycles. The zero-order valence-electron chi connectivity index (χ0n) is 19.3. The molecule has 4 heterocycles. The van der Waals surface area contributed by atoms with Crippen molar-refractivity contribution in [3.63, 3.8) is 0 Å². The Morgan fingerprint density at radius 1 is 1.08 bits per heavy atom. The van der Waals surface area contributed by atoms with Gasteiger partial charge in [0, 0.05) is 30.7 Å².